The van der Waals surface area contributed by atoms with E-state index in [0.717, 1.165) is 13.0 Å². The molecule has 0 spiro atoms. The number of carbonyl (C=O) groups is 1. The third-order valence-electron chi connectivity index (χ3n) is 3.12. The van der Waals surface area contributed by atoms with Crippen LogP contribution in [0.1, 0.15) is 42.3 Å². The van der Waals surface area contributed by atoms with Crippen LogP contribution < -0.4 is 5.32 Å². The van der Waals surface area contributed by atoms with Crippen LogP contribution >= 0.6 is 0 Å². The van der Waals surface area contributed by atoms with Gasteiger partial charge in [-0.25, -0.2) is 4.79 Å². The van der Waals surface area contributed by atoms with Crippen molar-refractivity contribution in [2.45, 2.75) is 32.7 Å². The van der Waals surface area contributed by atoms with Crippen LogP contribution in [0.4, 0.5) is 0 Å². The van der Waals surface area contributed by atoms with Gasteiger partial charge in [0.2, 0.25) is 0 Å². The van der Waals surface area contributed by atoms with Crippen molar-refractivity contribution >= 4 is 16.9 Å². The van der Waals surface area contributed by atoms with Gasteiger partial charge in [0.05, 0.1) is 6.54 Å². The first-order valence-corrected chi connectivity index (χ1v) is 6.68. The molecule has 0 fully saturated rings. The second-order valence-electron chi connectivity index (χ2n) is 4.59. The number of benzene rings is 1. The van der Waals surface area contributed by atoms with E-state index in [-0.39, 0.29) is 5.56 Å². The van der Waals surface area contributed by atoms with E-state index >= 15 is 0 Å². The van der Waals surface area contributed by atoms with Crippen LogP contribution in [-0.4, -0.2) is 17.6 Å². The minimum atomic E-state index is -0.935. The van der Waals surface area contributed by atoms with Gasteiger partial charge < -0.3 is 14.8 Å². The summed E-state index contributed by atoms with van der Waals surface area (Å²) in [6.45, 7) is 3.49. The van der Waals surface area contributed by atoms with Crippen LogP contribution in [0.2, 0.25) is 0 Å². The second kappa shape index (κ2) is 6.38. The molecule has 0 aliphatic carbocycles. The molecule has 1 heterocycles. The topological polar surface area (TPSA) is 62.5 Å². The van der Waals surface area contributed by atoms with Crippen LogP contribution in [-0.2, 0) is 6.54 Å². The fourth-order valence-corrected chi connectivity index (χ4v) is 2.16. The molecule has 0 amide bonds. The lowest BCUT2D eigenvalue weighted by Crippen LogP contribution is -2.16. The molecule has 0 atom stereocenters. The standard InChI is InChI=1S/C15H19NO3/c1-2-3-6-9-16-10-13-14(15(17)18)11-7-4-5-8-12(11)19-13/h4-5,7-8,16H,2-3,6,9-10H2,1H3,(H,17,18). The Balaban J connectivity index is 2.13. The lowest BCUT2D eigenvalue weighted by molar-refractivity contribution is 0.0696. The molecular weight excluding hydrogens is 242 g/mol. The van der Waals surface area contributed by atoms with Crippen molar-refractivity contribution in [3.8, 4) is 0 Å². The van der Waals surface area contributed by atoms with Gasteiger partial charge in [0.15, 0.2) is 0 Å². The Morgan fingerprint density at radius 1 is 1.32 bits per heavy atom. The van der Waals surface area contributed by atoms with E-state index in [1.807, 2.05) is 12.1 Å². The Morgan fingerprint density at radius 3 is 2.84 bits per heavy atom. The summed E-state index contributed by atoms with van der Waals surface area (Å²) in [6.07, 6.45) is 3.45. The number of aromatic carboxylic acids is 1. The first-order chi connectivity index (χ1) is 9.24. The number of hydrogen-bond donors (Lipinski definition) is 2. The van der Waals surface area contributed by atoms with Crippen molar-refractivity contribution in [1.29, 1.82) is 0 Å². The maximum absolute atomic E-state index is 11.3. The largest absolute Gasteiger partial charge is 0.478 e. The van der Waals surface area contributed by atoms with Gasteiger partial charge in [-0.2, -0.15) is 0 Å². The van der Waals surface area contributed by atoms with E-state index in [1.165, 1.54) is 12.8 Å². The maximum Gasteiger partial charge on any atom is 0.339 e. The zero-order chi connectivity index (χ0) is 13.7. The number of carboxylic acid groups (broad SMARTS) is 1. The fraction of sp³-hybridized carbons (Fsp3) is 0.400. The number of furan rings is 1. The molecular formula is C15H19NO3. The van der Waals surface area contributed by atoms with Crippen LogP contribution in [0.3, 0.4) is 0 Å². The third-order valence-corrected chi connectivity index (χ3v) is 3.12. The van der Waals surface area contributed by atoms with Gasteiger partial charge >= 0.3 is 5.97 Å². The number of carboxylic acids is 1. The minimum Gasteiger partial charge on any atom is -0.478 e. The first-order valence-electron chi connectivity index (χ1n) is 6.68. The highest BCUT2D eigenvalue weighted by Crippen LogP contribution is 2.25. The number of fused-ring (bicyclic) bond motifs is 1. The fourth-order valence-electron chi connectivity index (χ4n) is 2.16. The number of hydrogen-bond acceptors (Lipinski definition) is 3. The van der Waals surface area contributed by atoms with Gasteiger partial charge in [0.1, 0.15) is 16.9 Å². The second-order valence-corrected chi connectivity index (χ2v) is 4.59. The van der Waals surface area contributed by atoms with E-state index in [9.17, 15) is 9.90 Å². The van der Waals surface area contributed by atoms with E-state index in [1.54, 1.807) is 12.1 Å². The zero-order valence-electron chi connectivity index (χ0n) is 11.1. The van der Waals surface area contributed by atoms with E-state index in [2.05, 4.69) is 12.2 Å². The highest BCUT2D eigenvalue weighted by Gasteiger charge is 2.19. The molecule has 0 saturated carbocycles. The average Bonchev–Trinajstić information content (AvgIpc) is 2.76. The van der Waals surface area contributed by atoms with Crippen LogP contribution in [0, 0.1) is 0 Å². The molecule has 4 nitrogen and oxygen atoms in total. The number of unbranched alkanes of at least 4 members (excludes halogenated alkanes) is 2. The van der Waals surface area contributed by atoms with E-state index < -0.39 is 5.97 Å². The van der Waals surface area contributed by atoms with Crippen molar-refractivity contribution in [1.82, 2.24) is 5.32 Å². The summed E-state index contributed by atoms with van der Waals surface area (Å²) in [6, 6.07) is 7.24. The molecule has 0 aliphatic rings. The summed E-state index contributed by atoms with van der Waals surface area (Å²) in [5.74, 6) is -0.430. The summed E-state index contributed by atoms with van der Waals surface area (Å²) in [4.78, 5) is 11.3. The normalized spacial score (nSPS) is 11.0. The molecule has 2 rings (SSSR count). The number of rotatable bonds is 7. The Hall–Kier alpha value is -1.81. The van der Waals surface area contributed by atoms with Gasteiger partial charge in [0, 0.05) is 5.39 Å². The predicted octanol–water partition coefficient (Wildman–Crippen LogP) is 3.41. The first kappa shape index (κ1) is 13.6. The molecule has 2 N–H and O–H groups in total. The van der Waals surface area contributed by atoms with Crippen LogP contribution in [0.25, 0.3) is 11.0 Å². The summed E-state index contributed by atoms with van der Waals surface area (Å²) in [5.41, 5.74) is 0.906. The average molecular weight is 261 g/mol. The van der Waals surface area contributed by atoms with Crippen molar-refractivity contribution in [3.63, 3.8) is 0 Å². The highest BCUT2D eigenvalue weighted by molar-refractivity contribution is 6.03. The Labute approximate surface area is 112 Å². The van der Waals surface area contributed by atoms with Crippen LogP contribution in [0.5, 0.6) is 0 Å². The van der Waals surface area contributed by atoms with Crippen molar-refractivity contribution < 1.29 is 14.3 Å². The Bertz CT molecular complexity index is 560. The van der Waals surface area contributed by atoms with Gasteiger partial charge in [0.25, 0.3) is 0 Å². The molecule has 1 aromatic carbocycles. The monoisotopic (exact) mass is 261 g/mol. The molecule has 2 aromatic rings. The Morgan fingerprint density at radius 2 is 2.11 bits per heavy atom. The lowest BCUT2D eigenvalue weighted by atomic mass is 10.1. The number of nitrogens with one attached hydrogen (secondary N) is 1. The van der Waals surface area contributed by atoms with E-state index in [4.69, 9.17) is 4.42 Å². The number of para-hydroxylation sites is 1. The highest BCUT2D eigenvalue weighted by atomic mass is 16.4. The summed E-state index contributed by atoms with van der Waals surface area (Å²) < 4.78 is 5.62. The molecule has 19 heavy (non-hydrogen) atoms. The summed E-state index contributed by atoms with van der Waals surface area (Å²) >= 11 is 0. The molecule has 0 bridgehead atoms. The summed E-state index contributed by atoms with van der Waals surface area (Å²) in [7, 11) is 0. The molecule has 0 unspecified atom stereocenters. The van der Waals surface area contributed by atoms with Crippen molar-refractivity contribution in [3.05, 3.63) is 35.6 Å². The molecule has 0 radical (unpaired) electrons. The van der Waals surface area contributed by atoms with Gasteiger partial charge in [-0.3, -0.25) is 0 Å². The molecule has 102 valence electrons. The van der Waals surface area contributed by atoms with Gasteiger partial charge in [-0.15, -0.1) is 0 Å². The SMILES string of the molecule is CCCCCNCc1oc2ccccc2c1C(=O)O. The molecule has 4 heteroatoms. The molecule has 0 saturated heterocycles. The maximum atomic E-state index is 11.3. The van der Waals surface area contributed by atoms with Gasteiger partial charge in [-0.1, -0.05) is 38.0 Å². The predicted molar refractivity (Wildman–Crippen MR) is 74.4 cm³/mol. The third kappa shape index (κ3) is 3.15. The smallest absolute Gasteiger partial charge is 0.339 e. The Kier molecular flexibility index (Phi) is 4.58. The molecule has 0 aliphatic heterocycles. The quantitative estimate of drug-likeness (QED) is 0.750. The van der Waals surface area contributed by atoms with Crippen molar-refractivity contribution in [2.24, 2.45) is 0 Å². The lowest BCUT2D eigenvalue weighted by Gasteiger charge is -2.02. The molecule has 1 aromatic heterocycles. The van der Waals surface area contributed by atoms with Gasteiger partial charge in [-0.05, 0) is 19.0 Å². The van der Waals surface area contributed by atoms with Crippen LogP contribution in [0.15, 0.2) is 28.7 Å². The summed E-state index contributed by atoms with van der Waals surface area (Å²) in [5, 5.41) is 13.2. The zero-order valence-corrected chi connectivity index (χ0v) is 11.1. The minimum absolute atomic E-state index is 0.276. The van der Waals surface area contributed by atoms with Crippen molar-refractivity contribution in [2.75, 3.05) is 6.54 Å². The van der Waals surface area contributed by atoms with E-state index in [0.29, 0.717) is 23.3 Å².